The second kappa shape index (κ2) is 10.0. The molecule has 9 heteroatoms. The molecule has 2 amide bonds. The van der Waals surface area contributed by atoms with Gasteiger partial charge in [0.2, 0.25) is 5.43 Å². The topological polar surface area (TPSA) is 80.6 Å². The fourth-order valence-corrected chi connectivity index (χ4v) is 4.68. The van der Waals surface area contributed by atoms with Crippen molar-refractivity contribution in [1.29, 1.82) is 0 Å². The van der Waals surface area contributed by atoms with Crippen LogP contribution in [0.2, 0.25) is 0 Å². The maximum Gasteiger partial charge on any atom is 0.275 e. The van der Waals surface area contributed by atoms with Crippen LogP contribution in [0.3, 0.4) is 0 Å². The zero-order chi connectivity index (χ0) is 26.1. The van der Waals surface area contributed by atoms with Gasteiger partial charge in [-0.3, -0.25) is 14.4 Å². The van der Waals surface area contributed by atoms with Gasteiger partial charge >= 0.3 is 0 Å². The van der Waals surface area contributed by atoms with Gasteiger partial charge in [0.15, 0.2) is 11.4 Å². The molecule has 5 rings (SSSR count). The van der Waals surface area contributed by atoms with E-state index in [1.54, 1.807) is 9.47 Å². The number of halogens is 2. The van der Waals surface area contributed by atoms with Crippen LogP contribution in [-0.4, -0.2) is 33.9 Å². The minimum atomic E-state index is -0.806. The molecule has 0 saturated heterocycles. The predicted octanol–water partition coefficient (Wildman–Crippen LogP) is 3.98. The van der Waals surface area contributed by atoms with Crippen LogP contribution in [0.25, 0.3) is 0 Å². The number of allylic oxidation sites excluding steroid dienone is 1. The van der Waals surface area contributed by atoms with Crippen molar-refractivity contribution in [1.82, 2.24) is 14.8 Å². The Morgan fingerprint density at radius 2 is 1.92 bits per heavy atom. The van der Waals surface area contributed by atoms with E-state index < -0.39 is 23.0 Å². The summed E-state index contributed by atoms with van der Waals surface area (Å²) in [6.45, 7) is 2.11. The zero-order valence-corrected chi connectivity index (χ0v) is 20.1. The molecule has 1 aromatic heterocycles. The standard InChI is InChI=1S/C28H25F2N3O4/c1-17-6-5-9-21-14-32(17)28(36)24-26(37-16-18-7-3-2-4-8-18)25(34)22(15-33(21)24)27(35)31-13-19-10-11-20(29)12-23(19)30/h2-8,10-12,15,17,21H,9,13-14,16H2,1H3,(H,31,35)/t17-,21?/m1/s1. The minimum absolute atomic E-state index is 0.0285. The molecule has 7 nitrogen and oxygen atoms in total. The number of rotatable bonds is 6. The predicted molar refractivity (Wildman–Crippen MR) is 132 cm³/mol. The summed E-state index contributed by atoms with van der Waals surface area (Å²) in [5.74, 6) is -2.83. The molecule has 3 heterocycles. The monoisotopic (exact) mass is 505 g/mol. The van der Waals surface area contributed by atoms with Crippen molar-refractivity contribution in [3.63, 3.8) is 0 Å². The minimum Gasteiger partial charge on any atom is -0.483 e. The molecular formula is C28H25F2N3O4. The number of amides is 2. The molecule has 1 N–H and O–H groups in total. The smallest absolute Gasteiger partial charge is 0.275 e. The lowest BCUT2D eigenvalue weighted by Gasteiger charge is -2.37. The summed E-state index contributed by atoms with van der Waals surface area (Å²) in [5.41, 5.74) is 0.0131. The highest BCUT2D eigenvalue weighted by molar-refractivity contribution is 5.99. The Morgan fingerprint density at radius 3 is 2.68 bits per heavy atom. The number of benzene rings is 2. The van der Waals surface area contributed by atoms with Crippen molar-refractivity contribution in [3.8, 4) is 5.75 Å². The van der Waals surface area contributed by atoms with Crippen molar-refractivity contribution in [2.75, 3.05) is 6.54 Å². The Balaban J connectivity index is 1.54. The SMILES string of the molecule is C[C@@H]1C=CCC2CN1C(=O)c1c(OCc3ccccc3)c(=O)c(C(=O)NCc3ccc(F)cc3F)cn12. The highest BCUT2D eigenvalue weighted by atomic mass is 19.1. The van der Waals surface area contributed by atoms with Gasteiger partial charge in [-0.15, -0.1) is 0 Å². The number of hydrogen-bond donors (Lipinski definition) is 1. The average molecular weight is 506 g/mol. The number of nitrogens with one attached hydrogen (secondary N) is 1. The van der Waals surface area contributed by atoms with Crippen LogP contribution in [0.5, 0.6) is 5.75 Å². The van der Waals surface area contributed by atoms with E-state index in [2.05, 4.69) is 5.32 Å². The molecule has 2 aliphatic heterocycles. The lowest BCUT2D eigenvalue weighted by Crippen LogP contribution is -2.47. The van der Waals surface area contributed by atoms with Gasteiger partial charge in [0.1, 0.15) is 23.8 Å². The fraction of sp³-hybridized carbons (Fsp3) is 0.250. The van der Waals surface area contributed by atoms with Gasteiger partial charge in [0.05, 0.1) is 6.04 Å². The van der Waals surface area contributed by atoms with E-state index in [4.69, 9.17) is 4.74 Å². The van der Waals surface area contributed by atoms with E-state index in [9.17, 15) is 23.2 Å². The molecule has 0 aliphatic carbocycles. The molecule has 2 aromatic carbocycles. The lowest BCUT2D eigenvalue weighted by atomic mass is 10.1. The summed E-state index contributed by atoms with van der Waals surface area (Å²) in [5, 5.41) is 2.53. The largest absolute Gasteiger partial charge is 0.483 e. The highest BCUT2D eigenvalue weighted by Gasteiger charge is 2.38. The number of hydrogen-bond acceptors (Lipinski definition) is 4. The first-order valence-corrected chi connectivity index (χ1v) is 12.0. The lowest BCUT2D eigenvalue weighted by molar-refractivity contribution is 0.0626. The molecule has 0 saturated carbocycles. The van der Waals surface area contributed by atoms with Crippen LogP contribution in [0, 0.1) is 11.6 Å². The molecular weight excluding hydrogens is 480 g/mol. The van der Waals surface area contributed by atoms with E-state index in [1.165, 1.54) is 12.3 Å². The van der Waals surface area contributed by atoms with Gasteiger partial charge in [-0.05, 0) is 25.0 Å². The number of nitrogens with zero attached hydrogens (tertiary/aromatic N) is 2. The first kappa shape index (κ1) is 24.4. The first-order chi connectivity index (χ1) is 17.8. The molecule has 0 radical (unpaired) electrons. The van der Waals surface area contributed by atoms with Crippen LogP contribution in [0.4, 0.5) is 8.78 Å². The molecule has 2 atom stereocenters. The Kier molecular flexibility index (Phi) is 6.60. The Morgan fingerprint density at radius 1 is 1.14 bits per heavy atom. The van der Waals surface area contributed by atoms with Gasteiger partial charge in [0, 0.05) is 37.0 Å². The van der Waals surface area contributed by atoms with Gasteiger partial charge in [0.25, 0.3) is 11.8 Å². The van der Waals surface area contributed by atoms with Crippen LogP contribution >= 0.6 is 0 Å². The summed E-state index contributed by atoms with van der Waals surface area (Å²) in [6.07, 6.45) is 5.91. The third kappa shape index (κ3) is 4.76. The van der Waals surface area contributed by atoms with Crippen LogP contribution in [-0.2, 0) is 13.2 Å². The Bertz CT molecular complexity index is 1450. The second-order valence-corrected chi connectivity index (χ2v) is 9.17. The van der Waals surface area contributed by atoms with Crippen molar-refractivity contribution in [2.45, 2.75) is 38.6 Å². The van der Waals surface area contributed by atoms with Crippen LogP contribution in [0.15, 0.2) is 71.7 Å². The van der Waals surface area contributed by atoms with E-state index in [-0.39, 0.29) is 53.7 Å². The summed E-state index contributed by atoms with van der Waals surface area (Å²) < 4.78 is 34.9. The van der Waals surface area contributed by atoms with E-state index in [0.29, 0.717) is 13.0 Å². The first-order valence-electron chi connectivity index (χ1n) is 12.0. The van der Waals surface area contributed by atoms with Crippen molar-refractivity contribution < 1.29 is 23.1 Å². The van der Waals surface area contributed by atoms with E-state index in [0.717, 1.165) is 17.7 Å². The normalized spacial score (nSPS) is 18.2. The van der Waals surface area contributed by atoms with Crippen LogP contribution in [0.1, 0.15) is 51.4 Å². The molecule has 3 aromatic rings. The molecule has 190 valence electrons. The Labute approximate surface area is 212 Å². The molecule has 2 aliphatic rings. The number of pyridine rings is 1. The average Bonchev–Trinajstić information content (AvgIpc) is 3.06. The number of aromatic nitrogens is 1. The fourth-order valence-electron chi connectivity index (χ4n) is 4.68. The van der Waals surface area contributed by atoms with Gasteiger partial charge in [-0.2, -0.15) is 0 Å². The molecule has 2 bridgehead atoms. The zero-order valence-electron chi connectivity index (χ0n) is 20.1. The van der Waals surface area contributed by atoms with E-state index in [1.807, 2.05) is 49.4 Å². The summed E-state index contributed by atoms with van der Waals surface area (Å²) >= 11 is 0. The number of ether oxygens (including phenoxy) is 1. The maximum atomic E-state index is 14.1. The summed E-state index contributed by atoms with van der Waals surface area (Å²) in [4.78, 5) is 41.9. The highest BCUT2D eigenvalue weighted by Crippen LogP contribution is 2.32. The summed E-state index contributed by atoms with van der Waals surface area (Å²) in [7, 11) is 0. The van der Waals surface area contributed by atoms with Gasteiger partial charge in [-0.25, -0.2) is 8.78 Å². The van der Waals surface area contributed by atoms with Gasteiger partial charge < -0.3 is 19.5 Å². The van der Waals surface area contributed by atoms with Crippen molar-refractivity contribution in [3.05, 3.63) is 111 Å². The third-order valence-electron chi connectivity index (χ3n) is 6.70. The van der Waals surface area contributed by atoms with Crippen molar-refractivity contribution in [2.24, 2.45) is 0 Å². The summed E-state index contributed by atoms with van der Waals surface area (Å²) in [6, 6.07) is 11.9. The van der Waals surface area contributed by atoms with Gasteiger partial charge in [-0.1, -0.05) is 48.6 Å². The number of fused-ring (bicyclic) bond motifs is 4. The number of carbonyl (C=O) groups excluding carboxylic acids is 2. The van der Waals surface area contributed by atoms with Crippen molar-refractivity contribution >= 4 is 11.8 Å². The Hall–Kier alpha value is -4.27. The molecule has 37 heavy (non-hydrogen) atoms. The quantitative estimate of drug-likeness (QED) is 0.514. The maximum absolute atomic E-state index is 14.1. The molecule has 0 spiro atoms. The van der Waals surface area contributed by atoms with Crippen LogP contribution < -0.4 is 15.5 Å². The number of carbonyl (C=O) groups is 2. The molecule has 1 unspecified atom stereocenters. The molecule has 0 fully saturated rings. The third-order valence-corrected chi connectivity index (χ3v) is 6.70. The second-order valence-electron chi connectivity index (χ2n) is 9.17. The van der Waals surface area contributed by atoms with E-state index >= 15 is 0 Å².